The van der Waals surface area contributed by atoms with Crippen molar-refractivity contribution in [3.8, 4) is 0 Å². The summed E-state index contributed by atoms with van der Waals surface area (Å²) in [5, 5.41) is 3.32. The van der Waals surface area contributed by atoms with Crippen molar-refractivity contribution in [3.05, 3.63) is 65.0 Å². The zero-order chi connectivity index (χ0) is 18.6. The van der Waals surface area contributed by atoms with Gasteiger partial charge < -0.3 is 5.32 Å². The molecule has 0 radical (unpaired) electrons. The number of nitrogens with zero attached hydrogens (tertiary/aromatic N) is 2. The van der Waals surface area contributed by atoms with Crippen LogP contribution in [0, 0.1) is 6.92 Å². The number of piperidine rings is 1. The van der Waals surface area contributed by atoms with Gasteiger partial charge in [0.15, 0.2) is 0 Å². The van der Waals surface area contributed by atoms with Gasteiger partial charge in [0.2, 0.25) is 5.91 Å². The van der Waals surface area contributed by atoms with Gasteiger partial charge in [-0.25, -0.2) is 0 Å². The molecule has 1 fully saturated rings. The first-order valence-electron chi connectivity index (χ1n) is 10.2. The molecule has 0 bridgehead atoms. The molecule has 1 aromatic heterocycles. The van der Waals surface area contributed by atoms with E-state index in [0.717, 1.165) is 57.4 Å². The molecule has 2 heterocycles. The Morgan fingerprint density at radius 1 is 1.15 bits per heavy atom. The van der Waals surface area contributed by atoms with Gasteiger partial charge in [-0.2, -0.15) is 0 Å². The van der Waals surface area contributed by atoms with E-state index in [0.29, 0.717) is 6.04 Å². The van der Waals surface area contributed by atoms with Crippen molar-refractivity contribution in [2.75, 3.05) is 13.1 Å². The number of hydrogen-bond acceptors (Lipinski definition) is 3. The first-order valence-corrected chi connectivity index (χ1v) is 10.2. The van der Waals surface area contributed by atoms with Crippen LogP contribution in [0.2, 0.25) is 0 Å². The average molecular weight is 364 g/mol. The fourth-order valence-electron chi connectivity index (χ4n) is 4.43. The number of benzene rings is 1. The Hall–Kier alpha value is -2.20. The lowest BCUT2D eigenvalue weighted by Gasteiger charge is -2.34. The number of amides is 1. The third kappa shape index (κ3) is 4.22. The van der Waals surface area contributed by atoms with Crippen LogP contribution in [0.4, 0.5) is 0 Å². The Balaban J connectivity index is 1.31. The van der Waals surface area contributed by atoms with Gasteiger partial charge in [0.05, 0.1) is 11.6 Å². The molecule has 0 spiro atoms. The van der Waals surface area contributed by atoms with Gasteiger partial charge in [0.25, 0.3) is 0 Å². The number of carbonyl (C=O) groups is 1. The molecule has 1 aromatic carbocycles. The average Bonchev–Trinajstić information content (AvgIpc) is 2.70. The van der Waals surface area contributed by atoms with Crippen LogP contribution in [0.1, 0.15) is 54.0 Å². The number of pyridine rings is 1. The predicted octanol–water partition coefficient (Wildman–Crippen LogP) is 3.59. The van der Waals surface area contributed by atoms with E-state index in [9.17, 15) is 4.79 Å². The summed E-state index contributed by atoms with van der Waals surface area (Å²) >= 11 is 0. The summed E-state index contributed by atoms with van der Waals surface area (Å²) in [6.45, 7) is 5.27. The molecule has 1 aliphatic heterocycles. The molecule has 1 saturated heterocycles. The molecule has 2 aliphatic rings. The topological polar surface area (TPSA) is 45.2 Å². The number of aromatic nitrogens is 1. The monoisotopic (exact) mass is 363 g/mol. The molecule has 1 atom stereocenters. The normalized spacial score (nSPS) is 20.9. The Morgan fingerprint density at radius 2 is 1.96 bits per heavy atom. The van der Waals surface area contributed by atoms with Gasteiger partial charge in [-0.05, 0) is 61.8 Å². The highest BCUT2D eigenvalue weighted by atomic mass is 16.2. The Kier molecular flexibility index (Phi) is 5.53. The Labute approximate surface area is 162 Å². The molecule has 0 saturated carbocycles. The van der Waals surface area contributed by atoms with Gasteiger partial charge in [-0.3, -0.25) is 14.7 Å². The first-order chi connectivity index (χ1) is 13.2. The molecular weight excluding hydrogens is 334 g/mol. The zero-order valence-corrected chi connectivity index (χ0v) is 16.2. The van der Waals surface area contributed by atoms with Gasteiger partial charge >= 0.3 is 0 Å². The van der Waals surface area contributed by atoms with Crippen molar-refractivity contribution >= 4 is 5.91 Å². The van der Waals surface area contributed by atoms with Crippen molar-refractivity contribution in [1.29, 1.82) is 0 Å². The van der Waals surface area contributed by atoms with Crippen LogP contribution in [0.25, 0.3) is 0 Å². The van der Waals surface area contributed by atoms with Crippen LogP contribution >= 0.6 is 0 Å². The highest BCUT2D eigenvalue weighted by molar-refractivity contribution is 5.84. The largest absolute Gasteiger partial charge is 0.353 e. The van der Waals surface area contributed by atoms with E-state index in [1.165, 1.54) is 16.7 Å². The minimum Gasteiger partial charge on any atom is -0.353 e. The van der Waals surface area contributed by atoms with E-state index in [2.05, 4.69) is 52.5 Å². The quantitative estimate of drug-likeness (QED) is 0.903. The Morgan fingerprint density at radius 3 is 2.78 bits per heavy atom. The van der Waals surface area contributed by atoms with E-state index in [1.54, 1.807) is 0 Å². The van der Waals surface area contributed by atoms with Crippen LogP contribution in [-0.4, -0.2) is 34.9 Å². The van der Waals surface area contributed by atoms with Crippen LogP contribution in [0.3, 0.4) is 0 Å². The number of nitrogens with one attached hydrogen (secondary N) is 1. The summed E-state index contributed by atoms with van der Waals surface area (Å²) in [4.78, 5) is 19.9. The maximum absolute atomic E-state index is 12.9. The lowest BCUT2D eigenvalue weighted by molar-refractivity contribution is -0.124. The molecule has 4 heteroatoms. The fourth-order valence-corrected chi connectivity index (χ4v) is 4.43. The highest BCUT2D eigenvalue weighted by Crippen LogP contribution is 2.30. The van der Waals surface area contributed by atoms with Crippen LogP contribution < -0.4 is 5.32 Å². The van der Waals surface area contributed by atoms with Gasteiger partial charge in [0.1, 0.15) is 0 Å². The molecule has 4 nitrogen and oxygen atoms in total. The minimum atomic E-state index is -0.0695. The Bertz CT molecular complexity index is 796. The fraction of sp³-hybridized carbons (Fsp3) is 0.478. The van der Waals surface area contributed by atoms with E-state index >= 15 is 0 Å². The van der Waals surface area contributed by atoms with E-state index in [4.69, 9.17) is 0 Å². The zero-order valence-electron chi connectivity index (χ0n) is 16.2. The lowest BCUT2D eigenvalue weighted by Crippen LogP contribution is -2.46. The maximum atomic E-state index is 12.9. The number of hydrogen-bond donors (Lipinski definition) is 1. The lowest BCUT2D eigenvalue weighted by atomic mass is 9.85. The third-order valence-electron chi connectivity index (χ3n) is 6.10. The summed E-state index contributed by atoms with van der Waals surface area (Å²) in [6.07, 6.45) is 6.91. The summed E-state index contributed by atoms with van der Waals surface area (Å²) in [5.74, 6) is 0.104. The standard InChI is InChI=1S/C23H29N3O/c1-17-6-2-3-7-19(17)16-26-14-11-20(12-15-26)25-23(27)21-10-4-8-18-9-5-13-24-22(18)21/h2-3,5-7,9,13,20-21H,4,8,10-12,14-16H2,1H3,(H,25,27). The smallest absolute Gasteiger partial charge is 0.229 e. The number of aryl methyl sites for hydroxylation is 2. The second-order valence-electron chi connectivity index (χ2n) is 7.98. The van der Waals surface area contributed by atoms with Crippen molar-refractivity contribution in [2.24, 2.45) is 0 Å². The van der Waals surface area contributed by atoms with Crippen molar-refractivity contribution in [3.63, 3.8) is 0 Å². The van der Waals surface area contributed by atoms with Crippen molar-refractivity contribution < 1.29 is 4.79 Å². The van der Waals surface area contributed by atoms with Crippen molar-refractivity contribution in [1.82, 2.24) is 15.2 Å². The van der Waals surface area contributed by atoms with Gasteiger partial charge in [-0.1, -0.05) is 30.3 Å². The minimum absolute atomic E-state index is 0.0695. The molecule has 2 aromatic rings. The van der Waals surface area contributed by atoms with Crippen LogP contribution in [0.5, 0.6) is 0 Å². The molecule has 1 amide bonds. The second-order valence-corrected chi connectivity index (χ2v) is 7.98. The number of carbonyl (C=O) groups excluding carboxylic acids is 1. The van der Waals surface area contributed by atoms with E-state index in [-0.39, 0.29) is 11.8 Å². The predicted molar refractivity (Wildman–Crippen MR) is 108 cm³/mol. The number of likely N-dealkylation sites (tertiary alicyclic amines) is 1. The van der Waals surface area contributed by atoms with E-state index in [1.807, 2.05) is 12.3 Å². The summed E-state index contributed by atoms with van der Waals surface area (Å²) in [7, 11) is 0. The maximum Gasteiger partial charge on any atom is 0.229 e. The van der Waals surface area contributed by atoms with Crippen molar-refractivity contribution in [2.45, 2.75) is 57.5 Å². The van der Waals surface area contributed by atoms with Gasteiger partial charge in [0, 0.05) is 31.9 Å². The molecular formula is C23H29N3O. The molecule has 1 N–H and O–H groups in total. The first kappa shape index (κ1) is 18.2. The number of rotatable bonds is 4. The summed E-state index contributed by atoms with van der Waals surface area (Å²) in [6, 6.07) is 13.0. The second kappa shape index (κ2) is 8.22. The highest BCUT2D eigenvalue weighted by Gasteiger charge is 2.30. The SMILES string of the molecule is Cc1ccccc1CN1CCC(NC(=O)C2CCCc3cccnc32)CC1. The van der Waals surface area contributed by atoms with E-state index < -0.39 is 0 Å². The molecule has 27 heavy (non-hydrogen) atoms. The molecule has 142 valence electrons. The molecule has 1 unspecified atom stereocenters. The summed E-state index contributed by atoms with van der Waals surface area (Å²) in [5.41, 5.74) is 5.01. The number of fused-ring (bicyclic) bond motifs is 1. The third-order valence-corrected chi connectivity index (χ3v) is 6.10. The molecule has 4 rings (SSSR count). The molecule has 1 aliphatic carbocycles. The summed E-state index contributed by atoms with van der Waals surface area (Å²) < 4.78 is 0. The van der Waals surface area contributed by atoms with Gasteiger partial charge in [-0.15, -0.1) is 0 Å². The van der Waals surface area contributed by atoms with Crippen LogP contribution in [0.15, 0.2) is 42.6 Å². The van der Waals surface area contributed by atoms with Crippen LogP contribution in [-0.2, 0) is 17.8 Å².